The number of nitrogens with one attached hydrogen (secondary N) is 1. The number of nitrogens with zero attached hydrogens (tertiary/aromatic N) is 3. The lowest BCUT2D eigenvalue weighted by Gasteiger charge is -2.13. The van der Waals surface area contributed by atoms with Crippen LogP contribution in [0.4, 0.5) is 18.9 Å². The fourth-order valence-electron chi connectivity index (χ4n) is 4.69. The Bertz CT molecular complexity index is 1990. The zero-order valence-electron chi connectivity index (χ0n) is 23.6. The highest BCUT2D eigenvalue weighted by Gasteiger charge is 2.19. The second-order valence-corrected chi connectivity index (χ2v) is 10.8. The molecule has 1 aromatic heterocycles. The highest BCUT2D eigenvalue weighted by atomic mass is 32.1. The van der Waals surface area contributed by atoms with Gasteiger partial charge in [0.2, 0.25) is 0 Å². The first-order valence-corrected chi connectivity index (χ1v) is 14.4. The van der Waals surface area contributed by atoms with Crippen LogP contribution in [0.2, 0.25) is 0 Å². The van der Waals surface area contributed by atoms with Crippen molar-refractivity contribution < 1.29 is 32.2 Å². The summed E-state index contributed by atoms with van der Waals surface area (Å²) in [7, 11) is 1.25. The van der Waals surface area contributed by atoms with Gasteiger partial charge in [0.25, 0.3) is 5.91 Å². The third kappa shape index (κ3) is 6.41. The quantitative estimate of drug-likeness (QED) is 0.173. The number of pyridine rings is 1. The summed E-state index contributed by atoms with van der Waals surface area (Å²) in [4.78, 5) is 33.4. The molecular weight excluding hydrogens is 605 g/mol. The van der Waals surface area contributed by atoms with Crippen LogP contribution in [0, 0.1) is 17.5 Å². The summed E-state index contributed by atoms with van der Waals surface area (Å²) >= 11 is 1.13. The van der Waals surface area contributed by atoms with E-state index in [0.717, 1.165) is 28.5 Å². The summed E-state index contributed by atoms with van der Waals surface area (Å²) in [6.45, 7) is 0.0676. The average molecular weight is 629 g/mol. The molecule has 45 heavy (non-hydrogen) atoms. The van der Waals surface area contributed by atoms with Crippen LogP contribution in [0.15, 0.2) is 90.6 Å². The Morgan fingerprint density at radius 1 is 0.933 bits per heavy atom. The van der Waals surface area contributed by atoms with Gasteiger partial charge in [-0.2, -0.15) is 0 Å². The SMILES string of the molecule is COC(=O)c1sccc1NC(=O)COc1cc(F)ccc1-c1ccc(Cn2ccc3nc(-c4cccc(F)c4F)nc-3c2)cc1. The standard InChI is InChI=1S/C33H23F3N4O4S/c1-43-33(42)31-26(12-14-45-31)37-29(41)18-44-28-15-21(34)9-10-22(28)20-7-5-19(6-8-20)16-40-13-11-25-27(17-40)39-32(38-25)23-3-2-4-24(35)30(23)36/h2-15,17H,16,18H2,1H3,(H,37,41). The Morgan fingerprint density at radius 3 is 2.53 bits per heavy atom. The zero-order chi connectivity index (χ0) is 31.5. The molecule has 2 aliphatic heterocycles. The van der Waals surface area contributed by atoms with Crippen molar-refractivity contribution in [3.05, 3.63) is 118 Å². The molecule has 0 saturated heterocycles. The molecule has 0 radical (unpaired) electrons. The number of imidazole rings is 1. The molecule has 1 amide bonds. The molecule has 0 saturated carbocycles. The number of esters is 1. The molecular formula is C33H23F3N4O4S. The lowest BCUT2D eigenvalue weighted by atomic mass is 10.0. The van der Waals surface area contributed by atoms with E-state index in [1.54, 1.807) is 29.8 Å². The Kier molecular flexibility index (Phi) is 8.30. The first-order valence-electron chi connectivity index (χ1n) is 13.5. The van der Waals surface area contributed by atoms with E-state index < -0.39 is 35.9 Å². The number of halogens is 3. The number of benzene rings is 3. The van der Waals surface area contributed by atoms with Crippen molar-refractivity contribution in [1.82, 2.24) is 14.5 Å². The lowest BCUT2D eigenvalue weighted by molar-refractivity contribution is -0.118. The maximum absolute atomic E-state index is 14.3. The summed E-state index contributed by atoms with van der Waals surface area (Å²) in [5, 5.41) is 4.27. The van der Waals surface area contributed by atoms with Gasteiger partial charge < -0.3 is 19.4 Å². The largest absolute Gasteiger partial charge is 0.483 e. The second-order valence-electron chi connectivity index (χ2n) is 9.87. The summed E-state index contributed by atoms with van der Waals surface area (Å²) in [6, 6.07) is 18.8. The van der Waals surface area contributed by atoms with E-state index in [1.807, 2.05) is 35.0 Å². The van der Waals surface area contributed by atoms with E-state index in [9.17, 15) is 22.8 Å². The summed E-state index contributed by atoms with van der Waals surface area (Å²) < 4.78 is 54.4. The maximum Gasteiger partial charge on any atom is 0.350 e. The summed E-state index contributed by atoms with van der Waals surface area (Å²) in [5.74, 6) is -3.29. The first kappa shape index (κ1) is 29.6. The molecule has 8 nitrogen and oxygen atoms in total. The molecule has 12 heteroatoms. The fourth-order valence-corrected chi connectivity index (χ4v) is 5.46. The highest BCUT2D eigenvalue weighted by Crippen LogP contribution is 2.32. The molecule has 2 aliphatic rings. The molecule has 0 atom stereocenters. The minimum absolute atomic E-state index is 0.00623. The number of carbonyl (C=O) groups is 2. The normalized spacial score (nSPS) is 11.0. The van der Waals surface area contributed by atoms with Crippen LogP contribution >= 0.6 is 11.3 Å². The number of thiophene rings is 1. The molecule has 3 aromatic carbocycles. The number of ether oxygens (including phenoxy) is 2. The average Bonchev–Trinajstić information content (AvgIpc) is 3.68. The van der Waals surface area contributed by atoms with Crippen LogP contribution in [0.25, 0.3) is 33.9 Å². The number of carbonyl (C=O) groups excluding carboxylic acids is 2. The van der Waals surface area contributed by atoms with Gasteiger partial charge in [0.05, 0.1) is 24.1 Å². The van der Waals surface area contributed by atoms with Gasteiger partial charge in [0.15, 0.2) is 24.1 Å². The van der Waals surface area contributed by atoms with Crippen molar-refractivity contribution in [3.8, 4) is 39.7 Å². The van der Waals surface area contributed by atoms with Crippen LogP contribution in [0.3, 0.4) is 0 Å². The number of amides is 1. The van der Waals surface area contributed by atoms with Gasteiger partial charge in [-0.1, -0.05) is 30.3 Å². The molecule has 226 valence electrons. The highest BCUT2D eigenvalue weighted by molar-refractivity contribution is 7.12. The van der Waals surface area contributed by atoms with E-state index in [-0.39, 0.29) is 22.0 Å². The van der Waals surface area contributed by atoms with Crippen molar-refractivity contribution in [2.75, 3.05) is 19.0 Å². The second kappa shape index (κ2) is 12.6. The molecule has 6 rings (SSSR count). The topological polar surface area (TPSA) is 95.3 Å². The number of hydrogen-bond acceptors (Lipinski definition) is 7. The van der Waals surface area contributed by atoms with E-state index in [2.05, 4.69) is 15.3 Å². The molecule has 0 bridgehead atoms. The van der Waals surface area contributed by atoms with E-state index in [1.165, 1.54) is 31.4 Å². The summed E-state index contributed by atoms with van der Waals surface area (Å²) in [6.07, 6.45) is 3.59. The minimum Gasteiger partial charge on any atom is -0.483 e. The van der Waals surface area contributed by atoms with Crippen LogP contribution in [-0.2, 0) is 16.1 Å². The predicted octanol–water partition coefficient (Wildman–Crippen LogP) is 7.05. The molecule has 0 unspecified atom stereocenters. The van der Waals surface area contributed by atoms with Crippen LogP contribution in [0.5, 0.6) is 5.75 Å². The number of aromatic nitrogens is 3. The van der Waals surface area contributed by atoms with Crippen molar-refractivity contribution in [3.63, 3.8) is 0 Å². The number of anilines is 1. The number of fused-ring (bicyclic) bond motifs is 1. The van der Waals surface area contributed by atoms with Crippen LogP contribution in [-0.4, -0.2) is 40.1 Å². The van der Waals surface area contributed by atoms with Gasteiger partial charge >= 0.3 is 5.97 Å². The maximum atomic E-state index is 14.3. The fraction of sp³-hybridized carbons (Fsp3) is 0.0909. The van der Waals surface area contributed by atoms with Crippen LogP contribution in [0.1, 0.15) is 15.2 Å². The van der Waals surface area contributed by atoms with Gasteiger partial charge in [-0.15, -0.1) is 11.3 Å². The Morgan fingerprint density at radius 2 is 1.73 bits per heavy atom. The van der Waals surface area contributed by atoms with Crippen molar-refractivity contribution in [2.24, 2.45) is 0 Å². The Balaban J connectivity index is 1.15. The van der Waals surface area contributed by atoms with E-state index in [0.29, 0.717) is 29.2 Å². The molecule has 0 spiro atoms. The smallest absolute Gasteiger partial charge is 0.350 e. The zero-order valence-corrected chi connectivity index (χ0v) is 24.4. The van der Waals surface area contributed by atoms with Gasteiger partial charge in [-0.05, 0) is 52.9 Å². The Labute approximate surface area is 259 Å². The van der Waals surface area contributed by atoms with E-state index in [4.69, 9.17) is 9.47 Å². The van der Waals surface area contributed by atoms with Crippen molar-refractivity contribution in [2.45, 2.75) is 6.54 Å². The molecule has 3 heterocycles. The number of methoxy groups -OCH3 is 1. The van der Waals surface area contributed by atoms with Crippen LogP contribution < -0.4 is 10.1 Å². The third-order valence-electron chi connectivity index (χ3n) is 6.86. The molecule has 0 fully saturated rings. The van der Waals surface area contributed by atoms with Gasteiger partial charge in [0.1, 0.15) is 22.1 Å². The number of hydrogen-bond donors (Lipinski definition) is 1. The minimum atomic E-state index is -0.994. The molecule has 4 aromatic rings. The monoisotopic (exact) mass is 628 g/mol. The van der Waals surface area contributed by atoms with Crippen molar-refractivity contribution in [1.29, 1.82) is 0 Å². The van der Waals surface area contributed by atoms with Gasteiger partial charge in [-0.25, -0.2) is 27.9 Å². The van der Waals surface area contributed by atoms with Crippen molar-refractivity contribution >= 4 is 28.9 Å². The molecule has 1 N–H and O–H groups in total. The number of rotatable bonds is 9. The van der Waals surface area contributed by atoms with Gasteiger partial charge in [-0.3, -0.25) is 4.79 Å². The Hall–Kier alpha value is -5.49. The first-order chi connectivity index (χ1) is 21.8. The predicted molar refractivity (Wildman–Crippen MR) is 163 cm³/mol. The van der Waals surface area contributed by atoms with Gasteiger partial charge in [0, 0.05) is 30.6 Å². The third-order valence-corrected chi connectivity index (χ3v) is 7.76. The summed E-state index contributed by atoms with van der Waals surface area (Å²) in [5.41, 5.74) is 3.65. The molecule has 0 aliphatic carbocycles. The lowest BCUT2D eigenvalue weighted by Crippen LogP contribution is -2.21. The van der Waals surface area contributed by atoms with E-state index >= 15 is 0 Å².